The number of nitrogens with zero attached hydrogens (tertiary/aromatic N) is 2. The maximum Gasteiger partial charge on any atom is 0.0949 e. The van der Waals surface area contributed by atoms with Gasteiger partial charge in [0.1, 0.15) is 0 Å². The lowest BCUT2D eigenvalue weighted by atomic mass is 10.4. The summed E-state index contributed by atoms with van der Waals surface area (Å²) >= 11 is 0. The minimum atomic E-state index is 0.297. The van der Waals surface area contributed by atoms with Crippen molar-refractivity contribution in [1.29, 1.82) is 0 Å². The zero-order valence-corrected chi connectivity index (χ0v) is 9.86. The Balaban J connectivity index is 2.35. The van der Waals surface area contributed by atoms with Gasteiger partial charge in [0, 0.05) is 19.3 Å². The van der Waals surface area contributed by atoms with E-state index in [1.54, 1.807) is 0 Å². The molecule has 0 saturated carbocycles. The van der Waals surface area contributed by atoms with Gasteiger partial charge in [0.2, 0.25) is 0 Å². The zero-order chi connectivity index (χ0) is 11.1. The van der Waals surface area contributed by atoms with E-state index in [1.807, 2.05) is 26.4 Å². The summed E-state index contributed by atoms with van der Waals surface area (Å²) in [5.74, 6) is 0. The molecular weight excluding hydrogens is 190 g/mol. The average Bonchev–Trinajstić information content (AvgIpc) is 2.62. The zero-order valence-electron chi connectivity index (χ0n) is 9.86. The minimum absolute atomic E-state index is 0.297. The van der Waals surface area contributed by atoms with Crippen molar-refractivity contribution < 1.29 is 4.74 Å². The van der Waals surface area contributed by atoms with Gasteiger partial charge in [-0.25, -0.2) is 4.98 Å². The molecule has 0 aliphatic heterocycles. The lowest BCUT2D eigenvalue weighted by molar-refractivity contribution is 0.0723. The summed E-state index contributed by atoms with van der Waals surface area (Å²) in [6, 6.07) is 0. The van der Waals surface area contributed by atoms with Crippen molar-refractivity contribution in [3.63, 3.8) is 0 Å². The molecule has 1 rings (SSSR count). The van der Waals surface area contributed by atoms with E-state index >= 15 is 0 Å². The van der Waals surface area contributed by atoms with Crippen molar-refractivity contribution in [2.75, 3.05) is 13.2 Å². The molecule has 0 aliphatic carbocycles. The molecule has 1 aromatic heterocycles. The fraction of sp³-hybridized carbons (Fsp3) is 0.727. The first-order valence-corrected chi connectivity index (χ1v) is 5.55. The second-order valence-electron chi connectivity index (χ2n) is 3.78. The van der Waals surface area contributed by atoms with Crippen LogP contribution in [0.25, 0.3) is 0 Å². The van der Waals surface area contributed by atoms with Gasteiger partial charge in [-0.15, -0.1) is 0 Å². The second-order valence-corrected chi connectivity index (χ2v) is 3.78. The Kier molecular flexibility index (Phi) is 5.36. The quantitative estimate of drug-likeness (QED) is 0.741. The highest BCUT2D eigenvalue weighted by atomic mass is 16.5. The first-order chi connectivity index (χ1) is 7.24. The number of hydrogen-bond donors (Lipinski definition) is 1. The molecule has 0 amide bonds. The Labute approximate surface area is 91.7 Å². The highest BCUT2D eigenvalue weighted by molar-refractivity contribution is 4.97. The predicted molar refractivity (Wildman–Crippen MR) is 60.7 cm³/mol. The van der Waals surface area contributed by atoms with Crippen LogP contribution >= 0.6 is 0 Å². The molecular formula is C11H21N3O. The van der Waals surface area contributed by atoms with Crippen molar-refractivity contribution in [3.05, 3.63) is 18.2 Å². The minimum Gasteiger partial charge on any atom is -0.377 e. The maximum atomic E-state index is 5.51. The Bertz CT molecular complexity index is 271. The van der Waals surface area contributed by atoms with Crippen LogP contribution in [-0.4, -0.2) is 28.8 Å². The van der Waals surface area contributed by atoms with Crippen molar-refractivity contribution in [2.45, 2.75) is 40.0 Å². The SMILES string of the molecule is CCNCc1cncn1CCOC(C)C. The van der Waals surface area contributed by atoms with Gasteiger partial charge in [0.05, 0.1) is 24.7 Å². The summed E-state index contributed by atoms with van der Waals surface area (Å²) in [5, 5.41) is 3.29. The van der Waals surface area contributed by atoms with Crippen LogP contribution in [0.2, 0.25) is 0 Å². The molecule has 0 atom stereocenters. The maximum absolute atomic E-state index is 5.51. The Morgan fingerprint density at radius 2 is 2.33 bits per heavy atom. The average molecular weight is 211 g/mol. The van der Waals surface area contributed by atoms with Crippen LogP contribution < -0.4 is 5.32 Å². The second kappa shape index (κ2) is 6.58. The molecule has 1 heterocycles. The van der Waals surface area contributed by atoms with Gasteiger partial charge in [-0.3, -0.25) is 0 Å². The molecule has 0 fully saturated rings. The van der Waals surface area contributed by atoms with Crippen molar-refractivity contribution in [1.82, 2.24) is 14.9 Å². The van der Waals surface area contributed by atoms with E-state index in [9.17, 15) is 0 Å². The summed E-state index contributed by atoms with van der Waals surface area (Å²) in [5.41, 5.74) is 1.21. The van der Waals surface area contributed by atoms with E-state index in [1.165, 1.54) is 5.69 Å². The van der Waals surface area contributed by atoms with Crippen LogP contribution in [-0.2, 0) is 17.8 Å². The van der Waals surface area contributed by atoms with Gasteiger partial charge in [0.15, 0.2) is 0 Å². The molecule has 0 bridgehead atoms. The van der Waals surface area contributed by atoms with Gasteiger partial charge < -0.3 is 14.6 Å². The largest absolute Gasteiger partial charge is 0.377 e. The summed E-state index contributed by atoms with van der Waals surface area (Å²) in [4.78, 5) is 4.14. The number of hydrogen-bond acceptors (Lipinski definition) is 3. The van der Waals surface area contributed by atoms with Crippen molar-refractivity contribution >= 4 is 0 Å². The smallest absolute Gasteiger partial charge is 0.0949 e. The molecule has 1 aromatic rings. The van der Waals surface area contributed by atoms with Crippen LogP contribution in [0.1, 0.15) is 26.5 Å². The lowest BCUT2D eigenvalue weighted by Crippen LogP contribution is -2.17. The highest BCUT2D eigenvalue weighted by Gasteiger charge is 2.01. The molecule has 1 N–H and O–H groups in total. The number of nitrogens with one attached hydrogen (secondary N) is 1. The molecule has 0 unspecified atom stereocenters. The number of ether oxygens (including phenoxy) is 1. The van der Waals surface area contributed by atoms with E-state index < -0.39 is 0 Å². The molecule has 0 radical (unpaired) electrons. The van der Waals surface area contributed by atoms with E-state index in [0.29, 0.717) is 6.10 Å². The molecule has 4 nitrogen and oxygen atoms in total. The molecule has 0 aliphatic rings. The Hall–Kier alpha value is -0.870. The number of aromatic nitrogens is 2. The van der Waals surface area contributed by atoms with E-state index in [-0.39, 0.29) is 0 Å². The lowest BCUT2D eigenvalue weighted by Gasteiger charge is -2.10. The van der Waals surface area contributed by atoms with Crippen LogP contribution in [0.4, 0.5) is 0 Å². The molecule has 86 valence electrons. The standard InChI is InChI=1S/C11H21N3O/c1-4-12-7-11-8-13-9-14(11)5-6-15-10(2)3/h8-10,12H,4-7H2,1-3H3. The monoisotopic (exact) mass is 211 g/mol. The molecule has 0 aromatic carbocycles. The number of imidazole rings is 1. The molecule has 0 saturated heterocycles. The highest BCUT2D eigenvalue weighted by Crippen LogP contribution is 1.99. The van der Waals surface area contributed by atoms with Crippen LogP contribution in [0.5, 0.6) is 0 Å². The van der Waals surface area contributed by atoms with Gasteiger partial charge in [0.25, 0.3) is 0 Å². The normalized spacial score (nSPS) is 11.2. The Morgan fingerprint density at radius 1 is 1.53 bits per heavy atom. The topological polar surface area (TPSA) is 39.1 Å². The third-order valence-corrected chi connectivity index (χ3v) is 2.14. The summed E-state index contributed by atoms with van der Waals surface area (Å²) in [7, 11) is 0. The summed E-state index contributed by atoms with van der Waals surface area (Å²) in [6.45, 7) is 9.67. The van der Waals surface area contributed by atoms with E-state index in [4.69, 9.17) is 4.74 Å². The van der Waals surface area contributed by atoms with Gasteiger partial charge in [-0.1, -0.05) is 6.92 Å². The third-order valence-electron chi connectivity index (χ3n) is 2.14. The first kappa shape index (κ1) is 12.2. The molecule has 15 heavy (non-hydrogen) atoms. The fourth-order valence-electron chi connectivity index (χ4n) is 1.34. The summed E-state index contributed by atoms with van der Waals surface area (Å²) in [6.07, 6.45) is 4.06. The van der Waals surface area contributed by atoms with Crippen LogP contribution in [0.3, 0.4) is 0 Å². The Morgan fingerprint density at radius 3 is 3.00 bits per heavy atom. The van der Waals surface area contributed by atoms with E-state index in [2.05, 4.69) is 21.8 Å². The number of rotatable bonds is 7. The predicted octanol–water partition coefficient (Wildman–Crippen LogP) is 1.42. The summed E-state index contributed by atoms with van der Waals surface area (Å²) < 4.78 is 7.64. The van der Waals surface area contributed by atoms with Crippen molar-refractivity contribution in [2.24, 2.45) is 0 Å². The van der Waals surface area contributed by atoms with Crippen LogP contribution in [0, 0.1) is 0 Å². The fourth-order valence-corrected chi connectivity index (χ4v) is 1.34. The van der Waals surface area contributed by atoms with Gasteiger partial charge in [-0.05, 0) is 20.4 Å². The molecule has 4 heteroatoms. The van der Waals surface area contributed by atoms with E-state index in [0.717, 1.165) is 26.2 Å². The van der Waals surface area contributed by atoms with Gasteiger partial charge in [-0.2, -0.15) is 0 Å². The molecule has 0 spiro atoms. The third kappa shape index (κ3) is 4.44. The van der Waals surface area contributed by atoms with Crippen LogP contribution in [0.15, 0.2) is 12.5 Å². The van der Waals surface area contributed by atoms with Gasteiger partial charge >= 0.3 is 0 Å². The first-order valence-electron chi connectivity index (χ1n) is 5.55. The van der Waals surface area contributed by atoms with Crippen molar-refractivity contribution in [3.8, 4) is 0 Å².